The van der Waals surface area contributed by atoms with E-state index >= 15 is 0 Å². The maximum atomic E-state index is 13.1. The quantitative estimate of drug-likeness (QED) is 0.533. The summed E-state index contributed by atoms with van der Waals surface area (Å²) in [5.74, 6) is 1.67. The Morgan fingerprint density at radius 3 is 2.62 bits per heavy atom. The monoisotopic (exact) mass is 432 g/mol. The minimum atomic E-state index is -0.0296. The predicted molar refractivity (Wildman–Crippen MR) is 129 cm³/mol. The lowest BCUT2D eigenvalue weighted by Gasteiger charge is -2.27. The van der Waals surface area contributed by atoms with Crippen molar-refractivity contribution in [1.29, 1.82) is 0 Å². The van der Waals surface area contributed by atoms with Gasteiger partial charge in [0.15, 0.2) is 0 Å². The second kappa shape index (κ2) is 10.6. The van der Waals surface area contributed by atoms with Crippen LogP contribution in [0.3, 0.4) is 0 Å². The average molecular weight is 433 g/mol. The molecule has 1 aromatic heterocycles. The fourth-order valence-electron chi connectivity index (χ4n) is 4.46. The summed E-state index contributed by atoms with van der Waals surface area (Å²) in [5, 5.41) is 4.03. The van der Waals surface area contributed by atoms with Gasteiger partial charge in [0, 0.05) is 23.9 Å². The Labute approximate surface area is 190 Å². The van der Waals surface area contributed by atoms with Gasteiger partial charge in [0.05, 0.1) is 43.0 Å². The number of nitrogens with zero attached hydrogens (tertiary/aromatic N) is 1. The molecule has 3 aromatic rings. The summed E-state index contributed by atoms with van der Waals surface area (Å²) in [6.45, 7) is 9.30. The van der Waals surface area contributed by atoms with Gasteiger partial charge in [-0.15, -0.1) is 0 Å². The van der Waals surface area contributed by atoms with Gasteiger partial charge in [-0.05, 0) is 62.1 Å². The third-order valence-corrected chi connectivity index (χ3v) is 6.40. The molecule has 1 saturated heterocycles. The van der Waals surface area contributed by atoms with Crippen LogP contribution in [0.15, 0.2) is 54.6 Å². The Kier molecular flexibility index (Phi) is 7.38. The van der Waals surface area contributed by atoms with Crippen molar-refractivity contribution in [2.24, 2.45) is 5.92 Å². The molecule has 0 spiro atoms. The highest BCUT2D eigenvalue weighted by Crippen LogP contribution is 2.26. The van der Waals surface area contributed by atoms with E-state index in [1.807, 2.05) is 61.5 Å². The first-order chi connectivity index (χ1) is 15.6. The molecule has 5 nitrogen and oxygen atoms in total. The summed E-state index contributed by atoms with van der Waals surface area (Å²) in [6, 6.07) is 17.6. The number of quaternary nitrogens is 1. The summed E-state index contributed by atoms with van der Waals surface area (Å²) in [5.41, 5.74) is 3.27. The van der Waals surface area contributed by atoms with Gasteiger partial charge in [0.25, 0.3) is 5.91 Å². The molecule has 0 unspecified atom stereocenters. The van der Waals surface area contributed by atoms with E-state index in [4.69, 9.17) is 9.72 Å². The number of nitrogens with one attached hydrogen (secondary N) is 2. The van der Waals surface area contributed by atoms with Gasteiger partial charge in [-0.2, -0.15) is 0 Å². The van der Waals surface area contributed by atoms with E-state index in [1.165, 1.54) is 25.9 Å². The van der Waals surface area contributed by atoms with Gasteiger partial charge < -0.3 is 15.0 Å². The topological polar surface area (TPSA) is 55.7 Å². The fourth-order valence-corrected chi connectivity index (χ4v) is 4.46. The molecule has 0 atom stereocenters. The number of fused-ring (bicyclic) bond motifs is 1. The van der Waals surface area contributed by atoms with Crippen LogP contribution in [-0.2, 0) is 0 Å². The minimum Gasteiger partial charge on any atom is -0.494 e. The molecule has 0 aliphatic carbocycles. The maximum Gasteiger partial charge on any atom is 0.252 e. The first kappa shape index (κ1) is 22.3. The highest BCUT2D eigenvalue weighted by Gasteiger charge is 2.18. The van der Waals surface area contributed by atoms with Crippen LogP contribution in [0.1, 0.15) is 43.5 Å². The van der Waals surface area contributed by atoms with Crippen LogP contribution in [0, 0.1) is 5.92 Å². The standard InChI is InChI=1S/C27H33N3O2/c1-3-32-22-11-9-21(10-12-22)26-19-24(23-7-4-5-8-25(23)29-26)27(31)28-15-6-16-30-17-13-20(2)14-18-30/h4-5,7-12,19-20H,3,6,13-18H2,1-2H3,(H,28,31)/p+1. The van der Waals surface area contributed by atoms with Crippen molar-refractivity contribution < 1.29 is 14.4 Å². The van der Waals surface area contributed by atoms with Crippen molar-refractivity contribution in [2.75, 3.05) is 32.8 Å². The van der Waals surface area contributed by atoms with Crippen LogP contribution < -0.4 is 15.0 Å². The molecule has 2 heterocycles. The highest BCUT2D eigenvalue weighted by atomic mass is 16.5. The molecular weight excluding hydrogens is 398 g/mol. The van der Waals surface area contributed by atoms with Crippen LogP contribution in [-0.4, -0.2) is 43.7 Å². The minimum absolute atomic E-state index is 0.0296. The third-order valence-electron chi connectivity index (χ3n) is 6.40. The summed E-state index contributed by atoms with van der Waals surface area (Å²) in [6.07, 6.45) is 3.64. The molecule has 0 radical (unpaired) electrons. The molecule has 0 bridgehead atoms. The number of hydrogen-bond donors (Lipinski definition) is 2. The number of amides is 1. The molecule has 4 rings (SSSR count). The molecule has 5 heteroatoms. The van der Waals surface area contributed by atoms with Crippen LogP contribution in [0.5, 0.6) is 5.75 Å². The largest absolute Gasteiger partial charge is 0.494 e. The van der Waals surface area contributed by atoms with Crippen molar-refractivity contribution >= 4 is 16.8 Å². The van der Waals surface area contributed by atoms with Gasteiger partial charge in [-0.25, -0.2) is 4.98 Å². The summed E-state index contributed by atoms with van der Waals surface area (Å²) in [4.78, 5) is 19.6. The van der Waals surface area contributed by atoms with Gasteiger partial charge in [0.2, 0.25) is 0 Å². The Morgan fingerprint density at radius 1 is 1.12 bits per heavy atom. The van der Waals surface area contributed by atoms with Crippen molar-refractivity contribution in [1.82, 2.24) is 10.3 Å². The molecule has 1 fully saturated rings. The number of benzene rings is 2. The van der Waals surface area contributed by atoms with E-state index in [2.05, 4.69) is 12.2 Å². The van der Waals surface area contributed by atoms with Crippen molar-refractivity contribution in [2.45, 2.75) is 33.1 Å². The number of carbonyl (C=O) groups is 1. The SMILES string of the molecule is CCOc1ccc(-c2cc(C(=O)NCCC[NH+]3CCC(C)CC3)c3ccccc3n2)cc1. The molecule has 0 saturated carbocycles. The maximum absolute atomic E-state index is 13.1. The Balaban J connectivity index is 1.46. The highest BCUT2D eigenvalue weighted by molar-refractivity contribution is 6.07. The van der Waals surface area contributed by atoms with E-state index in [-0.39, 0.29) is 5.91 Å². The Bertz CT molecular complexity index is 1040. The van der Waals surface area contributed by atoms with Crippen LogP contribution in [0.2, 0.25) is 0 Å². The lowest BCUT2D eigenvalue weighted by Crippen LogP contribution is -3.13. The molecule has 1 aliphatic heterocycles. The van der Waals surface area contributed by atoms with E-state index in [9.17, 15) is 4.79 Å². The van der Waals surface area contributed by atoms with Crippen molar-refractivity contribution in [3.8, 4) is 17.0 Å². The van der Waals surface area contributed by atoms with E-state index in [1.54, 1.807) is 4.90 Å². The second-order valence-electron chi connectivity index (χ2n) is 8.82. The number of carbonyl (C=O) groups excluding carboxylic acids is 1. The smallest absolute Gasteiger partial charge is 0.252 e. The van der Waals surface area contributed by atoms with Crippen molar-refractivity contribution in [3.05, 3.63) is 60.2 Å². The second-order valence-corrected chi connectivity index (χ2v) is 8.82. The number of hydrogen-bond acceptors (Lipinski definition) is 3. The third kappa shape index (κ3) is 5.46. The summed E-state index contributed by atoms with van der Waals surface area (Å²) >= 11 is 0. The molecular formula is C27H34N3O2+. The zero-order valence-electron chi connectivity index (χ0n) is 19.2. The lowest BCUT2D eigenvalue weighted by molar-refractivity contribution is -0.906. The number of piperidine rings is 1. The van der Waals surface area contributed by atoms with Gasteiger partial charge in [-0.3, -0.25) is 4.79 Å². The van der Waals surface area contributed by atoms with E-state index < -0.39 is 0 Å². The first-order valence-electron chi connectivity index (χ1n) is 11.9. The molecule has 168 valence electrons. The number of aromatic nitrogens is 1. The van der Waals surface area contributed by atoms with Crippen LogP contribution >= 0.6 is 0 Å². The Hall–Kier alpha value is -2.92. The van der Waals surface area contributed by atoms with Crippen LogP contribution in [0.25, 0.3) is 22.2 Å². The normalized spacial score (nSPS) is 18.4. The van der Waals surface area contributed by atoms with Gasteiger partial charge in [0.1, 0.15) is 5.75 Å². The fraction of sp³-hybridized carbons (Fsp3) is 0.407. The van der Waals surface area contributed by atoms with Gasteiger partial charge >= 0.3 is 0 Å². The molecule has 2 aromatic carbocycles. The number of pyridine rings is 1. The van der Waals surface area contributed by atoms with Crippen LogP contribution in [0.4, 0.5) is 0 Å². The number of para-hydroxylation sites is 1. The molecule has 32 heavy (non-hydrogen) atoms. The first-order valence-corrected chi connectivity index (χ1v) is 11.9. The number of likely N-dealkylation sites (tertiary alicyclic amines) is 1. The summed E-state index contributed by atoms with van der Waals surface area (Å²) < 4.78 is 5.55. The zero-order chi connectivity index (χ0) is 22.3. The number of rotatable bonds is 8. The van der Waals surface area contributed by atoms with E-state index in [0.717, 1.165) is 46.8 Å². The molecule has 2 N–H and O–H groups in total. The molecule has 1 amide bonds. The average Bonchev–Trinajstić information content (AvgIpc) is 2.83. The predicted octanol–water partition coefficient (Wildman–Crippen LogP) is 3.74. The summed E-state index contributed by atoms with van der Waals surface area (Å²) in [7, 11) is 0. The lowest BCUT2D eigenvalue weighted by atomic mass is 9.99. The number of ether oxygens (including phenoxy) is 1. The van der Waals surface area contributed by atoms with Crippen molar-refractivity contribution in [3.63, 3.8) is 0 Å². The molecule has 1 aliphatic rings. The van der Waals surface area contributed by atoms with Gasteiger partial charge in [-0.1, -0.05) is 25.1 Å². The zero-order valence-corrected chi connectivity index (χ0v) is 19.2. The van der Waals surface area contributed by atoms with E-state index in [0.29, 0.717) is 18.7 Å². The Morgan fingerprint density at radius 2 is 1.88 bits per heavy atom.